The molecule has 0 bridgehead atoms. The molecular weight excluding hydrogens is 639 g/mol. The van der Waals surface area contributed by atoms with E-state index in [0.29, 0.717) is 0 Å². The van der Waals surface area contributed by atoms with Gasteiger partial charge >= 0.3 is 0 Å². The van der Waals surface area contributed by atoms with Gasteiger partial charge in [-0.3, -0.25) is 0 Å². The first-order valence-electron chi connectivity index (χ1n) is 17.8. The Hall–Kier alpha value is -5.89. The van der Waals surface area contributed by atoms with Crippen molar-refractivity contribution in [1.29, 1.82) is 5.26 Å². The van der Waals surface area contributed by atoms with Crippen LogP contribution in [-0.4, -0.2) is 9.97 Å². The molecule has 0 radical (unpaired) electrons. The molecule has 2 heterocycles. The molecule has 0 atom stereocenters. The van der Waals surface area contributed by atoms with Crippen LogP contribution in [0.4, 0.5) is 0 Å². The van der Waals surface area contributed by atoms with Crippen LogP contribution in [0.3, 0.4) is 0 Å². The van der Waals surface area contributed by atoms with Crippen LogP contribution in [0.5, 0.6) is 0 Å². The second kappa shape index (κ2) is 11.9. The van der Waals surface area contributed by atoms with Gasteiger partial charge in [-0.1, -0.05) is 128 Å². The molecule has 8 aromatic rings. The van der Waals surface area contributed by atoms with Gasteiger partial charge in [0.2, 0.25) is 0 Å². The van der Waals surface area contributed by atoms with Crippen molar-refractivity contribution < 1.29 is 0 Å². The number of hydrogen-bond acceptors (Lipinski definition) is 4. The molecule has 3 nitrogen and oxygen atoms in total. The van der Waals surface area contributed by atoms with E-state index < -0.39 is 0 Å². The summed E-state index contributed by atoms with van der Waals surface area (Å²) >= 11 is 1.84. The Balaban J connectivity index is 1.14. The summed E-state index contributed by atoms with van der Waals surface area (Å²) in [5.74, 6) is 0.725. The fourth-order valence-corrected chi connectivity index (χ4v) is 9.98. The normalized spacial score (nSPS) is 14.4. The fourth-order valence-electron chi connectivity index (χ4n) is 8.77. The van der Waals surface area contributed by atoms with E-state index >= 15 is 0 Å². The van der Waals surface area contributed by atoms with Gasteiger partial charge in [0.1, 0.15) is 0 Å². The number of nitriles is 1. The van der Waals surface area contributed by atoms with Crippen LogP contribution in [0.1, 0.15) is 48.8 Å². The van der Waals surface area contributed by atoms with Crippen molar-refractivity contribution in [2.75, 3.05) is 0 Å². The molecule has 0 N–H and O–H groups in total. The third-order valence-corrected chi connectivity index (χ3v) is 12.4. The highest BCUT2D eigenvalue weighted by Crippen LogP contribution is 2.58. The zero-order valence-corrected chi connectivity index (χ0v) is 28.9. The average molecular weight is 672 g/mol. The highest BCUT2D eigenvalue weighted by atomic mass is 32.1. The summed E-state index contributed by atoms with van der Waals surface area (Å²) in [6, 6.07) is 52.1. The van der Waals surface area contributed by atoms with Gasteiger partial charge in [0, 0.05) is 42.3 Å². The van der Waals surface area contributed by atoms with E-state index in [1.807, 2.05) is 41.7 Å². The topological polar surface area (TPSA) is 49.6 Å². The highest BCUT2D eigenvalue weighted by molar-refractivity contribution is 7.26. The van der Waals surface area contributed by atoms with Crippen LogP contribution in [0.25, 0.3) is 76.3 Å². The molecule has 2 aliphatic carbocycles. The van der Waals surface area contributed by atoms with E-state index in [0.717, 1.165) is 52.3 Å². The largest absolute Gasteiger partial charge is 0.228 e. The Kier molecular flexibility index (Phi) is 6.98. The van der Waals surface area contributed by atoms with E-state index in [1.54, 1.807) is 0 Å². The molecule has 10 rings (SSSR count). The summed E-state index contributed by atoms with van der Waals surface area (Å²) in [6.45, 7) is 0. The number of thiophene rings is 1. The Morgan fingerprint density at radius 2 is 1.29 bits per heavy atom. The van der Waals surface area contributed by atoms with E-state index in [1.165, 1.54) is 72.8 Å². The summed E-state index contributed by atoms with van der Waals surface area (Å²) in [4.78, 5) is 10.2. The predicted octanol–water partition coefficient (Wildman–Crippen LogP) is 12.6. The molecule has 1 saturated carbocycles. The average Bonchev–Trinajstić information content (AvgIpc) is 3.71. The van der Waals surface area contributed by atoms with Gasteiger partial charge in [-0.15, -0.1) is 11.3 Å². The Morgan fingerprint density at radius 3 is 2.10 bits per heavy atom. The van der Waals surface area contributed by atoms with Crippen molar-refractivity contribution in [3.63, 3.8) is 0 Å². The molecule has 2 aliphatic rings. The maximum Gasteiger partial charge on any atom is 0.160 e. The number of aromatic nitrogens is 2. The molecule has 4 heteroatoms. The van der Waals surface area contributed by atoms with Gasteiger partial charge in [-0.05, 0) is 76.6 Å². The molecular formula is C47H33N3S. The van der Waals surface area contributed by atoms with E-state index in [2.05, 4.69) is 115 Å². The third-order valence-electron chi connectivity index (χ3n) is 11.1. The Morgan fingerprint density at radius 1 is 0.549 bits per heavy atom. The van der Waals surface area contributed by atoms with Crippen molar-refractivity contribution in [1.82, 2.24) is 9.97 Å². The second-order valence-electron chi connectivity index (χ2n) is 13.9. The third kappa shape index (κ3) is 4.77. The molecule has 0 unspecified atom stereocenters. The lowest BCUT2D eigenvalue weighted by atomic mass is 9.67. The molecule has 0 saturated heterocycles. The number of hydrogen-bond donors (Lipinski definition) is 0. The molecule has 0 aliphatic heterocycles. The number of benzene rings is 6. The lowest BCUT2D eigenvalue weighted by molar-refractivity contribution is 0.353. The van der Waals surface area contributed by atoms with Crippen LogP contribution in [0.2, 0.25) is 0 Å². The first kappa shape index (κ1) is 30.0. The number of fused-ring (bicyclic) bond motifs is 8. The van der Waals surface area contributed by atoms with Crippen LogP contribution in [0.15, 0.2) is 140 Å². The van der Waals surface area contributed by atoms with Gasteiger partial charge < -0.3 is 0 Å². The van der Waals surface area contributed by atoms with Crippen molar-refractivity contribution in [2.45, 2.75) is 37.5 Å². The minimum absolute atomic E-state index is 0.00534. The monoisotopic (exact) mass is 671 g/mol. The maximum atomic E-state index is 9.84. The molecule has 2 aromatic heterocycles. The van der Waals surface area contributed by atoms with Gasteiger partial charge in [0.15, 0.2) is 5.82 Å². The molecule has 1 spiro atoms. The Labute approximate surface area is 301 Å². The van der Waals surface area contributed by atoms with E-state index in [-0.39, 0.29) is 5.41 Å². The summed E-state index contributed by atoms with van der Waals surface area (Å²) < 4.78 is 2.49. The minimum atomic E-state index is -0.00534. The first-order valence-corrected chi connectivity index (χ1v) is 18.7. The zero-order valence-electron chi connectivity index (χ0n) is 28.1. The van der Waals surface area contributed by atoms with Crippen LogP contribution in [-0.2, 0) is 5.41 Å². The smallest absolute Gasteiger partial charge is 0.160 e. The van der Waals surface area contributed by atoms with Crippen molar-refractivity contribution in [3.05, 3.63) is 156 Å². The molecule has 0 amide bonds. The molecule has 51 heavy (non-hydrogen) atoms. The maximum absolute atomic E-state index is 9.84. The van der Waals surface area contributed by atoms with Crippen LogP contribution < -0.4 is 0 Å². The van der Waals surface area contributed by atoms with Gasteiger partial charge in [-0.25, -0.2) is 9.97 Å². The van der Waals surface area contributed by atoms with Crippen LogP contribution >= 0.6 is 11.3 Å². The lowest BCUT2D eigenvalue weighted by Gasteiger charge is -2.36. The van der Waals surface area contributed by atoms with Gasteiger partial charge in [0.05, 0.1) is 23.0 Å². The molecule has 1 fully saturated rings. The summed E-state index contributed by atoms with van der Waals surface area (Å²) in [5.41, 5.74) is 13.7. The standard InChI is InChI=1S/C47H33N3S/c48-29-30-20-22-36-40(26-30)47(24-8-3-9-25-47)39-19-11-16-34(44(36)39)33-21-23-43-38(27-33)35-17-10-18-37(45(35)51-43)42-28-41(31-12-4-1-5-13-31)49-46(50-42)32-14-6-2-7-15-32/h1-2,4-7,10-23,26-28H,3,8-9,24-25H2. The summed E-state index contributed by atoms with van der Waals surface area (Å²) in [5, 5.41) is 12.3. The second-order valence-corrected chi connectivity index (χ2v) is 15.0. The molecule has 242 valence electrons. The quantitative estimate of drug-likeness (QED) is 0.187. The number of nitrogens with zero attached hydrogens (tertiary/aromatic N) is 3. The predicted molar refractivity (Wildman–Crippen MR) is 211 cm³/mol. The van der Waals surface area contributed by atoms with Gasteiger partial charge in [0.25, 0.3) is 0 Å². The fraction of sp³-hybridized carbons (Fsp3) is 0.128. The highest BCUT2D eigenvalue weighted by Gasteiger charge is 2.44. The van der Waals surface area contributed by atoms with Crippen LogP contribution in [0, 0.1) is 11.3 Å². The van der Waals surface area contributed by atoms with Gasteiger partial charge in [-0.2, -0.15) is 5.26 Å². The Bertz CT molecular complexity index is 2620. The summed E-state index contributed by atoms with van der Waals surface area (Å²) in [6.07, 6.45) is 6.01. The van der Waals surface area contributed by atoms with E-state index in [9.17, 15) is 5.26 Å². The van der Waals surface area contributed by atoms with Crippen molar-refractivity contribution in [3.8, 4) is 62.2 Å². The summed E-state index contributed by atoms with van der Waals surface area (Å²) in [7, 11) is 0. The molecule has 6 aromatic carbocycles. The minimum Gasteiger partial charge on any atom is -0.228 e. The lowest BCUT2D eigenvalue weighted by Crippen LogP contribution is -2.28. The zero-order chi connectivity index (χ0) is 33.9. The number of rotatable bonds is 4. The van der Waals surface area contributed by atoms with Crippen molar-refractivity contribution in [2.24, 2.45) is 0 Å². The van der Waals surface area contributed by atoms with Crippen molar-refractivity contribution >= 4 is 31.5 Å². The first-order chi connectivity index (χ1) is 25.2. The SMILES string of the molecule is N#Cc1ccc2c(c1)C1(CCCCC1)c1cccc(-c3ccc4sc5c(-c6cc(-c7ccccc7)nc(-c7ccccc7)n6)cccc5c4c3)c1-2. The van der Waals surface area contributed by atoms with E-state index in [4.69, 9.17) is 9.97 Å².